The molecule has 0 fully saturated rings. The predicted molar refractivity (Wildman–Crippen MR) is 123 cm³/mol. The van der Waals surface area contributed by atoms with Gasteiger partial charge in [-0.15, -0.1) is 0 Å². The SMILES string of the molecule is COC(=C=O)C(=O)Nc1c2c(nn1-c1cc(C)c(F)c(C)c1)CCN(C(=O)OC(C)(C)C)[C@H]2C. The Morgan fingerprint density at radius 2 is 1.85 bits per heavy atom. The maximum Gasteiger partial charge on any atom is 0.410 e. The molecule has 1 aliphatic rings. The summed E-state index contributed by atoms with van der Waals surface area (Å²) in [5.74, 6) is 0.0136. The molecule has 1 aliphatic heterocycles. The van der Waals surface area contributed by atoms with E-state index in [0.717, 1.165) is 0 Å². The zero-order chi connectivity index (χ0) is 25.4. The zero-order valence-electron chi connectivity index (χ0n) is 20.4. The number of hydrogen-bond acceptors (Lipinski definition) is 6. The Kier molecular flexibility index (Phi) is 6.84. The summed E-state index contributed by atoms with van der Waals surface area (Å²) in [4.78, 5) is 38.2. The van der Waals surface area contributed by atoms with Crippen LogP contribution >= 0.6 is 0 Å². The number of aryl methyl sites for hydroxylation is 2. The first kappa shape index (κ1) is 25.0. The second-order valence-electron chi connectivity index (χ2n) is 9.20. The highest BCUT2D eigenvalue weighted by molar-refractivity contribution is 6.07. The molecule has 3 rings (SSSR count). The number of fused-ring (bicyclic) bond motifs is 1. The number of methoxy groups -OCH3 is 1. The number of benzene rings is 1. The Balaban J connectivity index is 2.15. The lowest BCUT2D eigenvalue weighted by atomic mass is 9.99. The van der Waals surface area contributed by atoms with Crippen LogP contribution in [0.5, 0.6) is 0 Å². The number of rotatable bonds is 4. The number of hydrogen-bond donors (Lipinski definition) is 1. The van der Waals surface area contributed by atoms with Crippen LogP contribution < -0.4 is 5.32 Å². The fraction of sp³-hybridized carbons (Fsp3) is 0.458. The van der Waals surface area contributed by atoms with E-state index >= 15 is 0 Å². The van der Waals surface area contributed by atoms with E-state index < -0.39 is 29.4 Å². The fourth-order valence-corrected chi connectivity index (χ4v) is 3.94. The average Bonchev–Trinajstić information content (AvgIpc) is 3.10. The van der Waals surface area contributed by atoms with Gasteiger partial charge in [0.2, 0.25) is 0 Å². The van der Waals surface area contributed by atoms with Gasteiger partial charge in [0.1, 0.15) is 17.2 Å². The predicted octanol–water partition coefficient (Wildman–Crippen LogP) is 3.78. The molecule has 1 aromatic carbocycles. The minimum atomic E-state index is -0.821. The van der Waals surface area contributed by atoms with Crippen LogP contribution in [0.3, 0.4) is 0 Å². The van der Waals surface area contributed by atoms with Crippen molar-refractivity contribution in [1.29, 1.82) is 0 Å². The summed E-state index contributed by atoms with van der Waals surface area (Å²) in [7, 11) is 1.19. The third kappa shape index (κ3) is 4.82. The van der Waals surface area contributed by atoms with Crippen molar-refractivity contribution in [2.24, 2.45) is 0 Å². The summed E-state index contributed by atoms with van der Waals surface area (Å²) in [6, 6.07) is 2.72. The first-order chi connectivity index (χ1) is 15.9. The Bertz CT molecular complexity index is 1170. The van der Waals surface area contributed by atoms with Crippen molar-refractivity contribution in [1.82, 2.24) is 14.7 Å². The summed E-state index contributed by atoms with van der Waals surface area (Å²) < 4.78 is 26.1. The Morgan fingerprint density at radius 3 is 2.38 bits per heavy atom. The minimum absolute atomic E-state index is 0.246. The molecule has 1 N–H and O–H groups in total. The highest BCUT2D eigenvalue weighted by Crippen LogP contribution is 2.37. The summed E-state index contributed by atoms with van der Waals surface area (Å²) >= 11 is 0. The average molecular weight is 473 g/mol. The Hall–Kier alpha value is -3.65. The molecule has 1 atom stereocenters. The van der Waals surface area contributed by atoms with E-state index in [-0.39, 0.29) is 11.6 Å². The first-order valence-electron chi connectivity index (χ1n) is 10.9. The fourth-order valence-electron chi connectivity index (χ4n) is 3.94. The van der Waals surface area contributed by atoms with Gasteiger partial charge < -0.3 is 19.7 Å². The van der Waals surface area contributed by atoms with Crippen molar-refractivity contribution in [2.45, 2.75) is 59.6 Å². The van der Waals surface area contributed by atoms with E-state index in [9.17, 15) is 18.8 Å². The van der Waals surface area contributed by atoms with Crippen molar-refractivity contribution in [2.75, 3.05) is 19.0 Å². The second-order valence-corrected chi connectivity index (χ2v) is 9.20. The van der Waals surface area contributed by atoms with Crippen molar-refractivity contribution in [3.8, 4) is 5.69 Å². The first-order valence-corrected chi connectivity index (χ1v) is 10.9. The van der Waals surface area contributed by atoms with E-state index in [1.807, 2.05) is 0 Å². The van der Waals surface area contributed by atoms with Crippen molar-refractivity contribution in [3.05, 3.63) is 46.1 Å². The van der Waals surface area contributed by atoms with Gasteiger partial charge in [-0.25, -0.2) is 18.7 Å². The smallest absolute Gasteiger partial charge is 0.410 e. The van der Waals surface area contributed by atoms with E-state index in [1.165, 1.54) is 17.7 Å². The molecule has 0 bridgehead atoms. The van der Waals surface area contributed by atoms with Gasteiger partial charge in [0.05, 0.1) is 24.5 Å². The summed E-state index contributed by atoms with van der Waals surface area (Å²) in [6.45, 7) is 10.8. The van der Waals surface area contributed by atoms with Gasteiger partial charge in [-0.05, 0) is 64.8 Å². The molecule has 2 amide bonds. The highest BCUT2D eigenvalue weighted by Gasteiger charge is 2.36. The van der Waals surface area contributed by atoms with Gasteiger partial charge in [0.25, 0.3) is 5.76 Å². The van der Waals surface area contributed by atoms with Gasteiger partial charge in [0.15, 0.2) is 5.94 Å². The van der Waals surface area contributed by atoms with Gasteiger partial charge in [-0.1, -0.05) is 0 Å². The van der Waals surface area contributed by atoms with Crippen LogP contribution in [0.4, 0.5) is 15.0 Å². The topological polar surface area (TPSA) is 103 Å². The lowest BCUT2D eigenvalue weighted by Gasteiger charge is -2.34. The number of carbonyl (C=O) groups is 2. The molecular formula is C24H29FN4O5. The third-order valence-corrected chi connectivity index (χ3v) is 5.50. The molecule has 2 heterocycles. The number of nitrogens with one attached hydrogen (secondary N) is 1. The molecular weight excluding hydrogens is 443 g/mol. The number of amides is 2. The van der Waals surface area contributed by atoms with Crippen LogP contribution in [0.1, 0.15) is 56.1 Å². The molecule has 0 aliphatic carbocycles. The van der Waals surface area contributed by atoms with E-state index in [0.29, 0.717) is 41.0 Å². The lowest BCUT2D eigenvalue weighted by Crippen LogP contribution is -2.42. The highest BCUT2D eigenvalue weighted by atomic mass is 19.1. The number of anilines is 1. The van der Waals surface area contributed by atoms with Crippen LogP contribution in [0, 0.1) is 19.7 Å². The molecule has 0 unspecified atom stereocenters. The van der Waals surface area contributed by atoms with Gasteiger partial charge in [0, 0.05) is 18.5 Å². The van der Waals surface area contributed by atoms with Crippen molar-refractivity contribution >= 4 is 23.8 Å². The van der Waals surface area contributed by atoms with Gasteiger partial charge >= 0.3 is 12.0 Å². The van der Waals surface area contributed by atoms with Crippen LogP contribution in [0.2, 0.25) is 0 Å². The molecule has 0 saturated heterocycles. The van der Waals surface area contributed by atoms with Gasteiger partial charge in [-0.2, -0.15) is 5.10 Å². The molecule has 1 aromatic heterocycles. The molecule has 182 valence electrons. The van der Waals surface area contributed by atoms with Crippen LogP contribution in [-0.4, -0.2) is 51.9 Å². The second kappa shape index (κ2) is 9.30. The van der Waals surface area contributed by atoms with E-state index in [4.69, 9.17) is 9.47 Å². The molecule has 2 aromatic rings. The molecule has 9 nitrogen and oxygen atoms in total. The molecule has 0 saturated carbocycles. The lowest BCUT2D eigenvalue weighted by molar-refractivity contribution is -0.115. The number of ether oxygens (including phenoxy) is 2. The third-order valence-electron chi connectivity index (χ3n) is 5.50. The molecule has 34 heavy (non-hydrogen) atoms. The van der Waals surface area contributed by atoms with Crippen LogP contribution in [0.25, 0.3) is 5.69 Å². The van der Waals surface area contributed by atoms with E-state index in [1.54, 1.807) is 58.6 Å². The van der Waals surface area contributed by atoms with Gasteiger partial charge in [-0.3, -0.25) is 4.79 Å². The largest absolute Gasteiger partial charge is 0.483 e. The maximum absolute atomic E-state index is 14.3. The summed E-state index contributed by atoms with van der Waals surface area (Å²) in [5.41, 5.74) is 1.92. The maximum atomic E-state index is 14.3. The van der Waals surface area contributed by atoms with Crippen LogP contribution in [-0.2, 0) is 25.5 Å². The number of aromatic nitrogens is 2. The normalized spacial score (nSPS) is 15.3. The summed E-state index contributed by atoms with van der Waals surface area (Å²) in [6.07, 6.45) is -0.0799. The van der Waals surface area contributed by atoms with Crippen molar-refractivity contribution < 1.29 is 28.2 Å². The standard InChI is InChI=1S/C24H29FN4O5/c1-13-10-16(11-14(2)20(13)25)29-21(26-22(31)18(12-30)33-7)19-15(3)28(9-8-17(19)27-29)23(32)34-24(4,5)6/h10-11,15H,8-9H2,1-7H3,(H,26,31)/t15-/m0/s1. The molecule has 10 heteroatoms. The minimum Gasteiger partial charge on any atom is -0.483 e. The summed E-state index contributed by atoms with van der Waals surface area (Å²) in [5, 5.41) is 7.34. The number of carbonyl (C=O) groups excluding carboxylic acids is 3. The molecule has 0 radical (unpaired) electrons. The zero-order valence-corrected chi connectivity index (χ0v) is 20.4. The number of halogens is 1. The quantitative estimate of drug-likeness (QED) is 0.413. The van der Waals surface area contributed by atoms with Crippen LogP contribution in [0.15, 0.2) is 17.9 Å². The van der Waals surface area contributed by atoms with Crippen molar-refractivity contribution in [3.63, 3.8) is 0 Å². The number of nitrogens with zero attached hydrogens (tertiary/aromatic N) is 3. The Labute approximate surface area is 197 Å². The Morgan fingerprint density at radius 1 is 1.24 bits per heavy atom. The monoisotopic (exact) mass is 472 g/mol. The molecule has 0 spiro atoms. The van der Waals surface area contributed by atoms with E-state index in [2.05, 4.69) is 10.4 Å².